The highest BCUT2D eigenvalue weighted by Gasteiger charge is 2.18. The molecule has 192 valence electrons. The molecule has 4 aromatic rings. The summed E-state index contributed by atoms with van der Waals surface area (Å²) in [5.74, 6) is -0.191. The van der Waals surface area contributed by atoms with E-state index in [4.69, 9.17) is 11.6 Å². The van der Waals surface area contributed by atoms with Crippen LogP contribution >= 0.6 is 11.6 Å². The van der Waals surface area contributed by atoms with Crippen LogP contribution in [0.1, 0.15) is 29.3 Å². The Morgan fingerprint density at radius 1 is 1.05 bits per heavy atom. The molecule has 0 radical (unpaired) electrons. The number of hydrogen-bond donors (Lipinski definition) is 3. The minimum atomic E-state index is -3.88. The van der Waals surface area contributed by atoms with E-state index in [0.717, 1.165) is 23.9 Å². The van der Waals surface area contributed by atoms with Crippen molar-refractivity contribution in [3.8, 4) is 0 Å². The highest BCUT2D eigenvalue weighted by Crippen LogP contribution is 2.26. The van der Waals surface area contributed by atoms with Gasteiger partial charge in [0, 0.05) is 26.1 Å². The van der Waals surface area contributed by atoms with Gasteiger partial charge in [-0.05, 0) is 60.9 Å². The molecule has 2 amide bonds. The number of carbonyl (C=O) groups excluding carboxylic acids is 2. The zero-order valence-electron chi connectivity index (χ0n) is 20.3. The first-order chi connectivity index (χ1) is 17.6. The number of aromatic amines is 1. The Morgan fingerprint density at radius 2 is 1.81 bits per heavy atom. The van der Waals surface area contributed by atoms with Crippen molar-refractivity contribution in [1.29, 1.82) is 0 Å². The van der Waals surface area contributed by atoms with Gasteiger partial charge in [0.05, 0.1) is 26.6 Å². The smallest absolute Gasteiger partial charge is 0.261 e. The van der Waals surface area contributed by atoms with E-state index in [1.165, 1.54) is 30.3 Å². The van der Waals surface area contributed by atoms with E-state index in [1.807, 2.05) is 18.2 Å². The number of fused-ring (bicyclic) bond motifs is 1. The van der Waals surface area contributed by atoms with Gasteiger partial charge in [-0.2, -0.15) is 0 Å². The lowest BCUT2D eigenvalue weighted by Crippen LogP contribution is -2.25. The zero-order valence-corrected chi connectivity index (χ0v) is 21.9. The van der Waals surface area contributed by atoms with Gasteiger partial charge in [-0.3, -0.25) is 19.6 Å². The Hall–Kier alpha value is -3.89. The van der Waals surface area contributed by atoms with Crippen molar-refractivity contribution in [2.45, 2.75) is 24.7 Å². The van der Waals surface area contributed by atoms with E-state index in [1.54, 1.807) is 37.1 Å². The number of amides is 2. The van der Waals surface area contributed by atoms with Crippen LogP contribution in [0.3, 0.4) is 0 Å². The fourth-order valence-corrected chi connectivity index (χ4v) is 4.99. The van der Waals surface area contributed by atoms with Crippen molar-refractivity contribution >= 4 is 56.1 Å². The predicted octanol–water partition coefficient (Wildman–Crippen LogP) is 4.68. The number of imidazole rings is 1. The zero-order chi connectivity index (χ0) is 26.6. The minimum absolute atomic E-state index is 0.0332. The van der Waals surface area contributed by atoms with E-state index in [9.17, 15) is 18.0 Å². The molecule has 37 heavy (non-hydrogen) atoms. The molecule has 0 saturated heterocycles. The second-order valence-electron chi connectivity index (χ2n) is 8.55. The van der Waals surface area contributed by atoms with E-state index in [0.29, 0.717) is 12.1 Å². The van der Waals surface area contributed by atoms with Crippen molar-refractivity contribution < 1.29 is 18.0 Å². The molecule has 0 atom stereocenters. The average molecular weight is 540 g/mol. The third kappa shape index (κ3) is 6.46. The van der Waals surface area contributed by atoms with Gasteiger partial charge in [0.1, 0.15) is 0 Å². The Balaban J connectivity index is 1.46. The maximum absolute atomic E-state index is 12.9. The first-order valence-corrected chi connectivity index (χ1v) is 13.4. The largest absolute Gasteiger partial charge is 0.346 e. The first-order valence-electron chi connectivity index (χ1n) is 11.5. The van der Waals surface area contributed by atoms with Gasteiger partial charge in [0.15, 0.2) is 0 Å². The van der Waals surface area contributed by atoms with E-state index in [2.05, 4.69) is 20.0 Å². The maximum Gasteiger partial charge on any atom is 0.261 e. The molecule has 0 saturated carbocycles. The van der Waals surface area contributed by atoms with Gasteiger partial charge >= 0.3 is 0 Å². The van der Waals surface area contributed by atoms with E-state index >= 15 is 0 Å². The van der Waals surface area contributed by atoms with Crippen molar-refractivity contribution in [2.24, 2.45) is 0 Å². The van der Waals surface area contributed by atoms with Gasteiger partial charge in [-0.15, -0.1) is 0 Å². The van der Waals surface area contributed by atoms with Crippen LogP contribution < -0.4 is 10.0 Å². The van der Waals surface area contributed by atoms with E-state index < -0.39 is 15.9 Å². The molecule has 0 aliphatic carbocycles. The van der Waals surface area contributed by atoms with Gasteiger partial charge in [-0.1, -0.05) is 35.9 Å². The SMILES string of the molecule is CC(=O)N(C)CCCc1ccc2nc(NC(=O)c3ccc(Cl)c(NS(=O)(=O)c4ccccc4)c3)[nH]c2c1. The van der Waals surface area contributed by atoms with E-state index in [-0.39, 0.29) is 33.0 Å². The fraction of sp³-hybridized carbons (Fsp3) is 0.192. The van der Waals surface area contributed by atoms with Crippen LogP contribution in [0.2, 0.25) is 5.02 Å². The number of rotatable bonds is 9. The average Bonchev–Trinajstić information content (AvgIpc) is 3.27. The minimum Gasteiger partial charge on any atom is -0.346 e. The third-order valence-corrected chi connectivity index (χ3v) is 7.51. The first kappa shape index (κ1) is 26.2. The molecule has 1 heterocycles. The van der Waals surface area contributed by atoms with Crippen molar-refractivity contribution in [3.63, 3.8) is 0 Å². The number of carbonyl (C=O) groups is 2. The third-order valence-electron chi connectivity index (χ3n) is 5.80. The Kier molecular flexibility index (Phi) is 7.80. The predicted molar refractivity (Wildman–Crippen MR) is 144 cm³/mol. The summed E-state index contributed by atoms with van der Waals surface area (Å²) in [6, 6.07) is 18.0. The molecule has 0 aliphatic rings. The molecule has 1 aromatic heterocycles. The number of sulfonamides is 1. The standard InChI is InChI=1S/C26H26ClN5O4S/c1-17(33)32(2)14-6-7-18-10-13-22-24(15-18)29-26(28-22)30-25(34)19-11-12-21(27)23(16-19)31-37(35,36)20-8-4-3-5-9-20/h3-5,8-13,15-16,31H,6-7,14H2,1-2H3,(H2,28,29,30,34). The molecule has 0 unspecified atom stereocenters. The Bertz CT molecular complexity index is 1550. The molecule has 4 rings (SSSR count). The highest BCUT2D eigenvalue weighted by atomic mass is 35.5. The molecule has 0 aliphatic heterocycles. The summed E-state index contributed by atoms with van der Waals surface area (Å²) in [6.45, 7) is 2.21. The topological polar surface area (TPSA) is 124 Å². The molecule has 9 nitrogen and oxygen atoms in total. The summed E-state index contributed by atoms with van der Waals surface area (Å²) in [5, 5.41) is 2.86. The monoisotopic (exact) mass is 539 g/mol. The normalized spacial score (nSPS) is 11.3. The molecule has 0 fully saturated rings. The summed E-state index contributed by atoms with van der Waals surface area (Å²) in [6.07, 6.45) is 1.62. The number of anilines is 2. The molecule has 0 spiro atoms. The van der Waals surface area contributed by atoms with Crippen molar-refractivity contribution in [3.05, 3.63) is 82.9 Å². The molecule has 3 N–H and O–H groups in total. The second kappa shape index (κ2) is 11.0. The van der Waals surface area contributed by atoms with Crippen LogP contribution in [0.5, 0.6) is 0 Å². The highest BCUT2D eigenvalue weighted by molar-refractivity contribution is 7.92. The van der Waals surface area contributed by atoms with Crippen LogP contribution in [-0.4, -0.2) is 48.7 Å². The second-order valence-corrected chi connectivity index (χ2v) is 10.6. The van der Waals surface area contributed by atoms with Gasteiger partial charge in [0.25, 0.3) is 15.9 Å². The van der Waals surface area contributed by atoms with Crippen LogP contribution in [-0.2, 0) is 21.2 Å². The number of hydrogen-bond acceptors (Lipinski definition) is 5. The van der Waals surface area contributed by atoms with Crippen molar-refractivity contribution in [2.75, 3.05) is 23.6 Å². The number of halogens is 1. The number of nitrogens with zero attached hydrogens (tertiary/aromatic N) is 2. The lowest BCUT2D eigenvalue weighted by Gasteiger charge is -2.14. The number of H-pyrrole nitrogens is 1. The summed E-state index contributed by atoms with van der Waals surface area (Å²) in [5.41, 5.74) is 2.82. The number of nitrogens with one attached hydrogen (secondary N) is 3. The fourth-order valence-electron chi connectivity index (χ4n) is 3.68. The van der Waals surface area contributed by atoms with Crippen molar-refractivity contribution in [1.82, 2.24) is 14.9 Å². The van der Waals surface area contributed by atoms with Gasteiger partial charge in [0.2, 0.25) is 11.9 Å². The summed E-state index contributed by atoms with van der Waals surface area (Å²) >= 11 is 6.20. The summed E-state index contributed by atoms with van der Waals surface area (Å²) < 4.78 is 27.8. The number of aryl methyl sites for hydroxylation is 1. The molecular weight excluding hydrogens is 514 g/mol. The lowest BCUT2D eigenvalue weighted by molar-refractivity contribution is -0.127. The summed E-state index contributed by atoms with van der Waals surface area (Å²) in [7, 11) is -2.10. The molecule has 0 bridgehead atoms. The molecule has 3 aromatic carbocycles. The maximum atomic E-state index is 12.9. The van der Waals surface area contributed by atoms with Crippen LogP contribution in [0.25, 0.3) is 11.0 Å². The Morgan fingerprint density at radius 3 is 2.54 bits per heavy atom. The van der Waals surface area contributed by atoms with Gasteiger partial charge in [-0.25, -0.2) is 13.4 Å². The lowest BCUT2D eigenvalue weighted by atomic mass is 10.1. The summed E-state index contributed by atoms with van der Waals surface area (Å²) in [4.78, 5) is 33.5. The molecule has 11 heteroatoms. The molecular formula is C26H26ClN5O4S. The van der Waals surface area contributed by atoms with Gasteiger partial charge < -0.3 is 9.88 Å². The van der Waals surface area contributed by atoms with Crippen LogP contribution in [0.15, 0.2) is 71.6 Å². The van der Waals surface area contributed by atoms with Crippen LogP contribution in [0.4, 0.5) is 11.6 Å². The van der Waals surface area contributed by atoms with Crippen LogP contribution in [0, 0.1) is 0 Å². The quantitative estimate of drug-likeness (QED) is 0.285. The number of aromatic nitrogens is 2. The number of benzene rings is 3. The Labute approximate surface area is 219 Å².